The molecule has 0 rings (SSSR count). The van der Waals surface area contributed by atoms with E-state index in [-0.39, 0.29) is 27.3 Å². The number of hydrogen-bond acceptors (Lipinski definition) is 8. The van der Waals surface area contributed by atoms with E-state index in [1.54, 1.807) is 0 Å². The molecule has 0 heterocycles. The normalized spacial score (nSPS) is 11.5. The Hall–Kier alpha value is 3.02. The van der Waals surface area contributed by atoms with Crippen molar-refractivity contribution in [2.75, 3.05) is 26.4 Å². The molecule has 0 aromatic carbocycles. The second-order valence-corrected chi connectivity index (χ2v) is 14.2. The molecule has 0 atom stereocenters. The zero-order valence-electron chi connectivity index (χ0n) is 14.3. The summed E-state index contributed by atoms with van der Waals surface area (Å²) in [5.41, 5.74) is 0. The van der Waals surface area contributed by atoms with E-state index in [2.05, 4.69) is 0 Å². The topological polar surface area (TPSA) is 36.9 Å². The van der Waals surface area contributed by atoms with Crippen molar-refractivity contribution >= 4 is 88.5 Å². The van der Waals surface area contributed by atoms with Gasteiger partial charge in [-0.3, -0.25) is 18.1 Å². The number of hydrogen-bond donors (Lipinski definition) is 0. The minimum atomic E-state index is -2.31. The maximum Gasteiger partial charge on any atom is 2.00 e. The van der Waals surface area contributed by atoms with Gasteiger partial charge in [-0.15, -0.1) is 0 Å². The summed E-state index contributed by atoms with van der Waals surface area (Å²) in [6.45, 7) is 10.5. The molecule has 0 aliphatic carbocycles. The Morgan fingerprint density at radius 1 is 0.522 bits per heavy atom. The van der Waals surface area contributed by atoms with Crippen molar-refractivity contribution in [1.82, 2.24) is 0 Å². The first-order chi connectivity index (χ1) is 10.2. The summed E-state index contributed by atoms with van der Waals surface area (Å²) in [6.07, 6.45) is -0.878. The van der Waals surface area contributed by atoms with Crippen LogP contribution in [0.3, 0.4) is 0 Å². The van der Waals surface area contributed by atoms with E-state index in [1.807, 2.05) is 27.7 Å². The molecule has 0 aromatic rings. The molecule has 0 bridgehead atoms. The van der Waals surface area contributed by atoms with Crippen LogP contribution in [0.15, 0.2) is 0 Å². The van der Waals surface area contributed by atoms with Gasteiger partial charge in [-0.2, -0.15) is 0 Å². The van der Waals surface area contributed by atoms with Crippen LogP contribution >= 0.6 is 12.2 Å². The van der Waals surface area contributed by atoms with Gasteiger partial charge < -0.3 is 49.0 Å². The van der Waals surface area contributed by atoms with Gasteiger partial charge in [0.05, 0.1) is 26.4 Å². The molecule has 11 heteroatoms. The Morgan fingerprint density at radius 2 is 0.696 bits per heavy atom. The summed E-state index contributed by atoms with van der Waals surface area (Å²) >= 11 is 19.8. The molecule has 0 saturated heterocycles. The zero-order valence-corrected chi connectivity index (χ0v) is 23.3. The summed E-state index contributed by atoms with van der Waals surface area (Å²) in [4.78, 5) is 0. The summed E-state index contributed by atoms with van der Waals surface area (Å²) < 4.78 is 20.8. The van der Waals surface area contributed by atoms with Gasteiger partial charge in [-0.05, 0) is 25.7 Å². The molecule has 0 unspecified atom stereocenters. The Morgan fingerprint density at radius 3 is 0.826 bits per heavy atom. The summed E-state index contributed by atoms with van der Waals surface area (Å²) in [6, 6.07) is 0. The van der Waals surface area contributed by atoms with E-state index in [1.165, 1.54) is 0 Å². The molecule has 0 aromatic heterocycles. The summed E-state index contributed by atoms with van der Waals surface area (Å²) in [7, 11) is 0. The molecule has 138 valence electrons. The zero-order chi connectivity index (χ0) is 17.5. The Bertz CT molecular complexity index is 211. The van der Waals surface area contributed by atoms with Gasteiger partial charge in [0.2, 0.25) is 0 Å². The molecule has 0 saturated carbocycles. The molecule has 23 heavy (non-hydrogen) atoms. The molecular weight excluding hydrogens is 606 g/mol. The van der Waals surface area contributed by atoms with Gasteiger partial charge in [0, 0.05) is 12.2 Å². The van der Waals surface area contributed by atoms with Crippen LogP contribution in [0.4, 0.5) is 0 Å². The quantitative estimate of drug-likeness (QED) is 0.172. The largest absolute Gasteiger partial charge is 2.00 e. The average Bonchev–Trinajstić information content (AvgIpc) is 2.48. The monoisotopic (exact) mass is 634 g/mol. The number of rotatable bonds is 12. The van der Waals surface area contributed by atoms with E-state index < -0.39 is 12.2 Å². The van der Waals surface area contributed by atoms with E-state index in [4.69, 9.17) is 67.1 Å². The van der Waals surface area contributed by atoms with E-state index in [0.717, 1.165) is 25.7 Å². The SMILES string of the molecule is CCCO[P+]([S-])([S-])OCCC.CCCO[P+]([S-])([S-])OCCC.[Pb+2]. The van der Waals surface area contributed by atoms with Crippen LogP contribution < -0.4 is 0 Å². The van der Waals surface area contributed by atoms with E-state index >= 15 is 0 Å². The van der Waals surface area contributed by atoms with Crippen LogP contribution in [0.5, 0.6) is 0 Å². The van der Waals surface area contributed by atoms with Crippen molar-refractivity contribution in [2.45, 2.75) is 53.4 Å². The second kappa shape index (κ2) is 19.8. The van der Waals surface area contributed by atoms with Crippen LogP contribution in [0.25, 0.3) is 0 Å². The Labute approximate surface area is 185 Å². The fourth-order valence-corrected chi connectivity index (χ4v) is 4.45. The minimum Gasteiger partial charge on any atom is -0.516 e. The molecule has 2 radical (unpaired) electrons. The Kier molecular flexibility index (Phi) is 26.4. The maximum atomic E-state index is 5.20. The third-order valence-corrected chi connectivity index (χ3v) is 6.34. The predicted molar refractivity (Wildman–Crippen MR) is 114 cm³/mol. The third kappa shape index (κ3) is 25.0. The average molecular weight is 634 g/mol. The van der Waals surface area contributed by atoms with Crippen LogP contribution in [-0.2, 0) is 67.1 Å². The molecule has 0 amide bonds. The minimum absolute atomic E-state index is 0. The second-order valence-electron chi connectivity index (χ2n) is 4.23. The third-order valence-electron chi connectivity index (χ3n) is 1.81. The van der Waals surface area contributed by atoms with Crippen molar-refractivity contribution in [1.29, 1.82) is 0 Å². The van der Waals surface area contributed by atoms with Crippen LogP contribution in [-0.4, -0.2) is 53.7 Å². The first kappa shape index (κ1) is 30.7. The van der Waals surface area contributed by atoms with Crippen molar-refractivity contribution in [3.63, 3.8) is 0 Å². The van der Waals surface area contributed by atoms with Crippen molar-refractivity contribution in [3.05, 3.63) is 0 Å². The van der Waals surface area contributed by atoms with Crippen molar-refractivity contribution in [2.24, 2.45) is 0 Å². The first-order valence-electron chi connectivity index (χ1n) is 7.44. The molecule has 0 fully saturated rings. The van der Waals surface area contributed by atoms with E-state index in [9.17, 15) is 0 Å². The van der Waals surface area contributed by atoms with Gasteiger partial charge in [0.1, 0.15) is 0 Å². The molecule has 0 aliphatic rings. The van der Waals surface area contributed by atoms with Crippen LogP contribution in [0.1, 0.15) is 53.4 Å². The van der Waals surface area contributed by atoms with E-state index in [0.29, 0.717) is 26.4 Å². The van der Waals surface area contributed by atoms with Gasteiger partial charge in [-0.25, -0.2) is 0 Å². The molecule has 0 N–H and O–H groups in total. The fourth-order valence-electron chi connectivity index (χ4n) is 0.887. The van der Waals surface area contributed by atoms with Gasteiger partial charge >= 0.3 is 27.3 Å². The molecule has 0 spiro atoms. The van der Waals surface area contributed by atoms with Crippen LogP contribution in [0, 0.1) is 0 Å². The maximum absolute atomic E-state index is 5.20. The standard InChI is InChI=1S/2C6H15O2PS2.Pb/c2*1-3-5-7-9(10,11)8-6-4-2;/h2*3-6H2,1-2H3,(H,10,11);/q;;+2/p-2. The summed E-state index contributed by atoms with van der Waals surface area (Å²) in [5, 5.41) is 0. The van der Waals surface area contributed by atoms with Gasteiger partial charge in [0.15, 0.2) is 0 Å². The molecule has 0 aliphatic heterocycles. The molecular formula is C12H28O4P2PbS4. The summed E-state index contributed by atoms with van der Waals surface area (Å²) in [5.74, 6) is 0. The predicted octanol–water partition coefficient (Wildman–Crippen LogP) is 4.84. The Balaban J connectivity index is -0.000000333. The van der Waals surface area contributed by atoms with Crippen molar-refractivity contribution < 1.29 is 18.1 Å². The first-order valence-corrected chi connectivity index (χ1v) is 14.7. The van der Waals surface area contributed by atoms with Crippen LogP contribution in [0.2, 0.25) is 0 Å². The van der Waals surface area contributed by atoms with Crippen molar-refractivity contribution in [3.8, 4) is 0 Å². The molecule has 4 nitrogen and oxygen atoms in total. The van der Waals surface area contributed by atoms with Gasteiger partial charge in [0.25, 0.3) is 0 Å². The van der Waals surface area contributed by atoms with Gasteiger partial charge in [-0.1, -0.05) is 27.7 Å². The fraction of sp³-hybridized carbons (Fsp3) is 1.00. The smallest absolute Gasteiger partial charge is 0.516 e.